The Labute approximate surface area is 244 Å². The van der Waals surface area contributed by atoms with Crippen LogP contribution in [0.5, 0.6) is 0 Å². The Morgan fingerprint density at radius 3 is 2.15 bits per heavy atom. The first-order valence-electron chi connectivity index (χ1n) is 14.3. The SMILES string of the molecule is Cc1ccc(CN(C(=O)CN(c2ccc(C)c(C)c2)S(C)(=O)=O)C(Cc2ccccc2)C(=O)NC2CCCC2)cc1. The molecule has 1 atom stereocenters. The summed E-state index contributed by atoms with van der Waals surface area (Å²) >= 11 is 0. The van der Waals surface area contributed by atoms with E-state index in [4.69, 9.17) is 0 Å². The van der Waals surface area contributed by atoms with Crippen LogP contribution < -0.4 is 9.62 Å². The predicted molar refractivity (Wildman–Crippen MR) is 164 cm³/mol. The molecule has 0 aliphatic heterocycles. The Balaban J connectivity index is 1.72. The van der Waals surface area contributed by atoms with E-state index in [2.05, 4.69) is 5.32 Å². The van der Waals surface area contributed by atoms with E-state index in [-0.39, 0.29) is 18.5 Å². The third-order valence-electron chi connectivity index (χ3n) is 7.90. The molecular formula is C33H41N3O4S. The van der Waals surface area contributed by atoms with Crippen LogP contribution in [-0.2, 0) is 32.6 Å². The van der Waals surface area contributed by atoms with Crippen molar-refractivity contribution in [2.24, 2.45) is 0 Å². The number of nitrogens with zero attached hydrogens (tertiary/aromatic N) is 2. The number of benzene rings is 3. The Bertz CT molecular complexity index is 1450. The van der Waals surface area contributed by atoms with E-state index in [1.54, 1.807) is 17.0 Å². The Morgan fingerprint density at radius 2 is 1.54 bits per heavy atom. The number of rotatable bonds is 11. The third kappa shape index (κ3) is 8.19. The zero-order valence-corrected chi connectivity index (χ0v) is 25.3. The molecule has 1 aliphatic carbocycles. The van der Waals surface area contributed by atoms with E-state index in [1.807, 2.05) is 81.4 Å². The highest BCUT2D eigenvalue weighted by molar-refractivity contribution is 7.92. The van der Waals surface area contributed by atoms with Crippen molar-refractivity contribution in [2.45, 2.75) is 71.5 Å². The van der Waals surface area contributed by atoms with Gasteiger partial charge in [0.25, 0.3) is 0 Å². The van der Waals surface area contributed by atoms with Gasteiger partial charge in [-0.05, 0) is 68.0 Å². The minimum Gasteiger partial charge on any atom is -0.352 e. The van der Waals surface area contributed by atoms with Crippen LogP contribution in [0, 0.1) is 20.8 Å². The lowest BCUT2D eigenvalue weighted by Gasteiger charge is -2.34. The van der Waals surface area contributed by atoms with Crippen molar-refractivity contribution in [2.75, 3.05) is 17.1 Å². The molecule has 1 unspecified atom stereocenters. The fourth-order valence-corrected chi connectivity index (χ4v) is 6.15. The molecule has 218 valence electrons. The molecule has 0 heterocycles. The average molecular weight is 576 g/mol. The zero-order chi connectivity index (χ0) is 29.6. The fourth-order valence-electron chi connectivity index (χ4n) is 5.31. The molecular weight excluding hydrogens is 534 g/mol. The van der Waals surface area contributed by atoms with Crippen molar-refractivity contribution in [3.05, 3.63) is 101 Å². The minimum atomic E-state index is -3.79. The number of anilines is 1. The summed E-state index contributed by atoms with van der Waals surface area (Å²) in [5.74, 6) is -0.643. The molecule has 1 aliphatic rings. The number of hydrogen-bond acceptors (Lipinski definition) is 4. The summed E-state index contributed by atoms with van der Waals surface area (Å²) < 4.78 is 27.1. The van der Waals surface area contributed by atoms with Gasteiger partial charge in [-0.3, -0.25) is 13.9 Å². The Kier molecular flexibility index (Phi) is 9.86. The molecule has 3 aromatic rings. The molecule has 0 spiro atoms. The summed E-state index contributed by atoms with van der Waals surface area (Å²) in [5, 5.41) is 3.19. The number of carbonyl (C=O) groups is 2. The first kappa shape index (κ1) is 30.3. The van der Waals surface area contributed by atoms with Crippen LogP contribution >= 0.6 is 0 Å². The number of carbonyl (C=O) groups excluding carboxylic acids is 2. The maximum Gasteiger partial charge on any atom is 0.244 e. The van der Waals surface area contributed by atoms with E-state index in [9.17, 15) is 18.0 Å². The lowest BCUT2D eigenvalue weighted by atomic mass is 10.0. The second-order valence-electron chi connectivity index (χ2n) is 11.2. The first-order chi connectivity index (χ1) is 19.5. The van der Waals surface area contributed by atoms with Gasteiger partial charge in [0, 0.05) is 19.0 Å². The van der Waals surface area contributed by atoms with Crippen LogP contribution in [0.1, 0.15) is 53.5 Å². The summed E-state index contributed by atoms with van der Waals surface area (Å²) in [6, 6.07) is 22.1. The van der Waals surface area contributed by atoms with E-state index in [0.717, 1.165) is 64.1 Å². The van der Waals surface area contributed by atoms with Crippen LogP contribution in [0.25, 0.3) is 0 Å². The highest BCUT2D eigenvalue weighted by atomic mass is 32.2. The predicted octanol–water partition coefficient (Wildman–Crippen LogP) is 5.08. The number of aryl methyl sites for hydroxylation is 3. The normalized spacial score (nSPS) is 14.4. The lowest BCUT2D eigenvalue weighted by Crippen LogP contribution is -2.54. The van der Waals surface area contributed by atoms with Gasteiger partial charge < -0.3 is 10.2 Å². The maximum atomic E-state index is 14.2. The van der Waals surface area contributed by atoms with Gasteiger partial charge in [0.1, 0.15) is 12.6 Å². The molecule has 0 radical (unpaired) electrons. The van der Waals surface area contributed by atoms with Crippen molar-refractivity contribution >= 4 is 27.5 Å². The molecule has 1 saturated carbocycles. The molecule has 0 bridgehead atoms. The summed E-state index contributed by atoms with van der Waals surface area (Å²) in [6.45, 7) is 5.63. The highest BCUT2D eigenvalue weighted by Gasteiger charge is 2.34. The van der Waals surface area contributed by atoms with Gasteiger partial charge in [0.2, 0.25) is 21.8 Å². The number of sulfonamides is 1. The molecule has 7 nitrogen and oxygen atoms in total. The molecule has 3 aromatic carbocycles. The number of hydrogen-bond donors (Lipinski definition) is 1. The van der Waals surface area contributed by atoms with Crippen LogP contribution in [0.2, 0.25) is 0 Å². The minimum absolute atomic E-state index is 0.0835. The highest BCUT2D eigenvalue weighted by Crippen LogP contribution is 2.24. The first-order valence-corrected chi connectivity index (χ1v) is 16.1. The van der Waals surface area contributed by atoms with Crippen LogP contribution in [0.3, 0.4) is 0 Å². The second kappa shape index (κ2) is 13.3. The number of amides is 2. The summed E-state index contributed by atoms with van der Waals surface area (Å²) in [6.07, 6.45) is 5.40. The van der Waals surface area contributed by atoms with Crippen molar-refractivity contribution < 1.29 is 18.0 Å². The fraction of sp³-hybridized carbons (Fsp3) is 0.394. The Morgan fingerprint density at radius 1 is 0.878 bits per heavy atom. The lowest BCUT2D eigenvalue weighted by molar-refractivity contribution is -0.140. The van der Waals surface area contributed by atoms with E-state index in [1.165, 1.54) is 0 Å². The topological polar surface area (TPSA) is 86.8 Å². The smallest absolute Gasteiger partial charge is 0.244 e. The van der Waals surface area contributed by atoms with Gasteiger partial charge in [-0.25, -0.2) is 8.42 Å². The molecule has 41 heavy (non-hydrogen) atoms. The van der Waals surface area contributed by atoms with Gasteiger partial charge in [0.05, 0.1) is 11.9 Å². The third-order valence-corrected chi connectivity index (χ3v) is 9.04. The van der Waals surface area contributed by atoms with Gasteiger partial charge >= 0.3 is 0 Å². The van der Waals surface area contributed by atoms with Gasteiger partial charge in [0.15, 0.2) is 0 Å². The van der Waals surface area contributed by atoms with Crippen molar-refractivity contribution in [3.8, 4) is 0 Å². The van der Waals surface area contributed by atoms with E-state index < -0.39 is 28.5 Å². The monoisotopic (exact) mass is 575 g/mol. The summed E-state index contributed by atoms with van der Waals surface area (Å²) in [5.41, 5.74) is 5.26. The van der Waals surface area contributed by atoms with Gasteiger partial charge in [-0.1, -0.05) is 79.1 Å². The van der Waals surface area contributed by atoms with Crippen LogP contribution in [0.4, 0.5) is 5.69 Å². The average Bonchev–Trinajstić information content (AvgIpc) is 3.45. The van der Waals surface area contributed by atoms with Crippen molar-refractivity contribution in [3.63, 3.8) is 0 Å². The van der Waals surface area contributed by atoms with Crippen LogP contribution in [0.15, 0.2) is 72.8 Å². The molecule has 0 aromatic heterocycles. The zero-order valence-electron chi connectivity index (χ0n) is 24.5. The molecule has 2 amide bonds. The van der Waals surface area contributed by atoms with Gasteiger partial charge in [-0.2, -0.15) is 0 Å². The van der Waals surface area contributed by atoms with Crippen molar-refractivity contribution in [1.82, 2.24) is 10.2 Å². The van der Waals surface area contributed by atoms with Crippen molar-refractivity contribution in [1.29, 1.82) is 0 Å². The largest absolute Gasteiger partial charge is 0.352 e. The molecule has 8 heteroatoms. The van der Waals surface area contributed by atoms with E-state index >= 15 is 0 Å². The number of nitrogens with one attached hydrogen (secondary N) is 1. The molecule has 4 rings (SSSR count). The second-order valence-corrected chi connectivity index (χ2v) is 13.1. The summed E-state index contributed by atoms with van der Waals surface area (Å²) in [4.78, 5) is 29.7. The maximum absolute atomic E-state index is 14.2. The standard InChI is InChI=1S/C33H41N3O4S/c1-24-14-17-28(18-15-24)22-35(32(37)23-36(41(4,39)40)30-19-16-25(2)26(3)20-30)31(21-27-10-6-5-7-11-27)33(38)34-29-12-8-9-13-29/h5-7,10-11,14-20,29,31H,8-9,12-13,21-23H2,1-4H3,(H,34,38). The van der Waals surface area contributed by atoms with Crippen LogP contribution in [-0.4, -0.2) is 50.0 Å². The molecule has 0 saturated heterocycles. The Hall–Kier alpha value is -3.65. The summed E-state index contributed by atoms with van der Waals surface area (Å²) in [7, 11) is -3.79. The molecule has 1 fully saturated rings. The molecule has 1 N–H and O–H groups in total. The van der Waals surface area contributed by atoms with E-state index in [0.29, 0.717) is 12.1 Å². The van der Waals surface area contributed by atoms with Gasteiger partial charge in [-0.15, -0.1) is 0 Å². The quantitative estimate of drug-likeness (QED) is 0.346.